The molecule has 1 aliphatic rings. The van der Waals surface area contributed by atoms with Crippen molar-refractivity contribution in [1.29, 1.82) is 0 Å². The number of aryl methyl sites for hydroxylation is 2. The van der Waals surface area contributed by atoms with Gasteiger partial charge in [0.05, 0.1) is 31.1 Å². The van der Waals surface area contributed by atoms with E-state index in [1.165, 1.54) is 17.4 Å². The van der Waals surface area contributed by atoms with Crippen molar-refractivity contribution in [2.24, 2.45) is 7.05 Å². The lowest BCUT2D eigenvalue weighted by Gasteiger charge is -2.21. The van der Waals surface area contributed by atoms with Crippen LogP contribution in [0.3, 0.4) is 0 Å². The Morgan fingerprint density at radius 1 is 1.45 bits per heavy atom. The summed E-state index contributed by atoms with van der Waals surface area (Å²) in [6.45, 7) is 6.82. The predicted octanol–water partition coefficient (Wildman–Crippen LogP) is 2.90. The fourth-order valence-corrected chi connectivity index (χ4v) is 4.04. The minimum absolute atomic E-state index is 0.0391. The molecular weight excluding hydrogens is 392 g/mol. The van der Waals surface area contributed by atoms with E-state index >= 15 is 0 Å². The van der Waals surface area contributed by atoms with Crippen LogP contribution in [0.25, 0.3) is 6.08 Å². The van der Waals surface area contributed by atoms with E-state index in [1.54, 1.807) is 35.7 Å². The van der Waals surface area contributed by atoms with Gasteiger partial charge in [-0.05, 0) is 39.7 Å². The maximum Gasteiger partial charge on any atom is 0.350 e. The van der Waals surface area contributed by atoms with Crippen LogP contribution in [0.4, 0.5) is 5.13 Å². The highest BCUT2D eigenvalue weighted by Gasteiger charge is 2.27. The fourth-order valence-electron chi connectivity index (χ4n) is 3.07. The summed E-state index contributed by atoms with van der Waals surface area (Å²) in [5.74, 6) is -0.632. The summed E-state index contributed by atoms with van der Waals surface area (Å²) in [6.07, 6.45) is 6.81. The van der Waals surface area contributed by atoms with Crippen molar-refractivity contribution >= 4 is 34.4 Å². The van der Waals surface area contributed by atoms with Gasteiger partial charge in [-0.1, -0.05) is 11.3 Å². The summed E-state index contributed by atoms with van der Waals surface area (Å²) in [4.78, 5) is 31.7. The molecule has 3 heterocycles. The van der Waals surface area contributed by atoms with Crippen molar-refractivity contribution in [1.82, 2.24) is 14.8 Å². The van der Waals surface area contributed by atoms with E-state index in [0.29, 0.717) is 28.9 Å². The first kappa shape index (κ1) is 21.2. The molecule has 2 aromatic rings. The summed E-state index contributed by atoms with van der Waals surface area (Å²) in [6, 6.07) is 0. The second-order valence-electron chi connectivity index (χ2n) is 6.86. The van der Waals surface area contributed by atoms with Gasteiger partial charge in [0.25, 0.3) is 5.91 Å². The van der Waals surface area contributed by atoms with Gasteiger partial charge in [-0.15, -0.1) is 0 Å². The zero-order valence-electron chi connectivity index (χ0n) is 17.2. The highest BCUT2D eigenvalue weighted by atomic mass is 32.1. The van der Waals surface area contributed by atoms with Gasteiger partial charge >= 0.3 is 5.97 Å². The van der Waals surface area contributed by atoms with Crippen LogP contribution in [0.15, 0.2) is 12.3 Å². The molecule has 0 N–H and O–H groups in total. The third-order valence-corrected chi connectivity index (χ3v) is 5.99. The second-order valence-corrected chi connectivity index (χ2v) is 7.84. The maximum absolute atomic E-state index is 13.0. The van der Waals surface area contributed by atoms with Gasteiger partial charge in [0.15, 0.2) is 5.13 Å². The standard InChI is InChI=1S/C20H26N4O4S/c1-5-27-19(26)18-13(2)22-20(29-18)24(12-16-7-6-10-28-16)17(25)9-8-15-11-21-23(4)14(15)3/h8-9,11,16H,5-7,10,12H2,1-4H3. The number of aromatic nitrogens is 3. The maximum atomic E-state index is 13.0. The average molecular weight is 419 g/mol. The number of ether oxygens (including phenoxy) is 2. The third-order valence-electron chi connectivity index (χ3n) is 4.83. The summed E-state index contributed by atoms with van der Waals surface area (Å²) < 4.78 is 12.6. The zero-order chi connectivity index (χ0) is 21.0. The first-order valence-corrected chi connectivity index (χ1v) is 10.5. The monoisotopic (exact) mass is 418 g/mol. The molecule has 0 radical (unpaired) electrons. The number of nitrogens with zero attached hydrogens (tertiary/aromatic N) is 4. The highest BCUT2D eigenvalue weighted by Crippen LogP contribution is 2.28. The van der Waals surface area contributed by atoms with Gasteiger partial charge in [-0.2, -0.15) is 5.10 Å². The van der Waals surface area contributed by atoms with Crippen LogP contribution >= 0.6 is 11.3 Å². The number of esters is 1. The molecule has 156 valence electrons. The van der Waals surface area contributed by atoms with Gasteiger partial charge < -0.3 is 9.47 Å². The quantitative estimate of drug-likeness (QED) is 0.508. The molecule has 1 atom stereocenters. The van der Waals surface area contributed by atoms with Gasteiger partial charge in [-0.3, -0.25) is 14.4 Å². The molecule has 8 nitrogen and oxygen atoms in total. The van der Waals surface area contributed by atoms with Gasteiger partial charge in [0, 0.05) is 31.0 Å². The van der Waals surface area contributed by atoms with Crippen LogP contribution in [-0.4, -0.2) is 52.5 Å². The lowest BCUT2D eigenvalue weighted by Crippen LogP contribution is -2.36. The lowest BCUT2D eigenvalue weighted by molar-refractivity contribution is -0.114. The van der Waals surface area contributed by atoms with Crippen LogP contribution < -0.4 is 4.90 Å². The summed E-state index contributed by atoms with van der Waals surface area (Å²) >= 11 is 1.17. The zero-order valence-corrected chi connectivity index (χ0v) is 18.0. The van der Waals surface area contributed by atoms with E-state index in [1.807, 2.05) is 14.0 Å². The summed E-state index contributed by atoms with van der Waals surface area (Å²) in [5.41, 5.74) is 2.40. The van der Waals surface area contributed by atoms with E-state index in [2.05, 4.69) is 10.1 Å². The minimum atomic E-state index is -0.417. The van der Waals surface area contributed by atoms with Crippen molar-refractivity contribution < 1.29 is 19.1 Å². The Bertz CT molecular complexity index is 912. The van der Waals surface area contributed by atoms with Crippen LogP contribution in [0.2, 0.25) is 0 Å². The smallest absolute Gasteiger partial charge is 0.350 e. The van der Waals surface area contributed by atoms with E-state index in [9.17, 15) is 9.59 Å². The number of hydrogen-bond donors (Lipinski definition) is 0. The molecule has 9 heteroatoms. The molecular formula is C20H26N4O4S. The number of carbonyl (C=O) groups is 2. The Kier molecular flexibility index (Phi) is 6.81. The Morgan fingerprint density at radius 2 is 2.24 bits per heavy atom. The van der Waals surface area contributed by atoms with Gasteiger partial charge in [0.2, 0.25) is 0 Å². The Labute approximate surface area is 174 Å². The van der Waals surface area contributed by atoms with Crippen molar-refractivity contribution in [3.63, 3.8) is 0 Å². The molecule has 0 bridgehead atoms. The number of thiazole rings is 1. The van der Waals surface area contributed by atoms with E-state index < -0.39 is 5.97 Å². The highest BCUT2D eigenvalue weighted by molar-refractivity contribution is 7.17. The number of anilines is 1. The SMILES string of the molecule is CCOC(=O)c1sc(N(CC2CCCO2)C(=O)C=Cc2cnn(C)c2C)nc1C. The number of rotatable bonds is 7. The Morgan fingerprint density at radius 3 is 2.86 bits per heavy atom. The molecule has 1 amide bonds. The fraction of sp³-hybridized carbons (Fsp3) is 0.500. The molecule has 1 saturated heterocycles. The van der Waals surface area contributed by atoms with Crippen molar-refractivity contribution in [2.75, 3.05) is 24.7 Å². The van der Waals surface area contributed by atoms with Crippen molar-refractivity contribution in [3.8, 4) is 0 Å². The average Bonchev–Trinajstić information content (AvgIpc) is 3.41. The molecule has 1 unspecified atom stereocenters. The van der Waals surface area contributed by atoms with Crippen molar-refractivity contribution in [2.45, 2.75) is 39.7 Å². The van der Waals surface area contributed by atoms with Crippen LogP contribution in [-0.2, 0) is 21.3 Å². The molecule has 0 spiro atoms. The van der Waals surface area contributed by atoms with Gasteiger partial charge in [-0.25, -0.2) is 9.78 Å². The molecule has 29 heavy (non-hydrogen) atoms. The molecule has 3 rings (SSSR count). The molecule has 0 aromatic carbocycles. The molecule has 0 aliphatic carbocycles. The molecule has 1 fully saturated rings. The summed E-state index contributed by atoms with van der Waals surface area (Å²) in [5, 5.41) is 4.66. The molecule has 2 aromatic heterocycles. The van der Waals surface area contributed by atoms with Crippen LogP contribution in [0.5, 0.6) is 0 Å². The molecule has 1 aliphatic heterocycles. The number of amides is 1. The van der Waals surface area contributed by atoms with Crippen LogP contribution in [0, 0.1) is 13.8 Å². The van der Waals surface area contributed by atoms with E-state index in [4.69, 9.17) is 9.47 Å². The lowest BCUT2D eigenvalue weighted by atomic mass is 10.2. The minimum Gasteiger partial charge on any atom is -0.462 e. The Hall–Kier alpha value is -2.52. The molecule has 0 saturated carbocycles. The summed E-state index contributed by atoms with van der Waals surface area (Å²) in [7, 11) is 1.85. The second kappa shape index (κ2) is 9.32. The van der Waals surface area contributed by atoms with Gasteiger partial charge in [0.1, 0.15) is 4.88 Å². The topological polar surface area (TPSA) is 86.5 Å². The predicted molar refractivity (Wildman–Crippen MR) is 111 cm³/mol. The van der Waals surface area contributed by atoms with E-state index in [-0.39, 0.29) is 18.6 Å². The first-order chi connectivity index (χ1) is 13.9. The van der Waals surface area contributed by atoms with Crippen LogP contribution in [0.1, 0.15) is 46.4 Å². The van der Waals surface area contributed by atoms with Crippen molar-refractivity contribution in [3.05, 3.63) is 34.1 Å². The number of carbonyl (C=O) groups excluding carboxylic acids is 2. The number of hydrogen-bond acceptors (Lipinski definition) is 7. The normalized spacial score (nSPS) is 16.5. The van der Waals surface area contributed by atoms with E-state index in [0.717, 1.165) is 24.1 Å². The largest absolute Gasteiger partial charge is 0.462 e. The third kappa shape index (κ3) is 4.91. The Balaban J connectivity index is 1.86. The first-order valence-electron chi connectivity index (χ1n) is 9.65.